The minimum atomic E-state index is -0.484. The topological polar surface area (TPSA) is 77.4 Å². The van der Waals surface area contributed by atoms with Crippen LogP contribution in [-0.2, 0) is 11.2 Å². The first-order valence-corrected chi connectivity index (χ1v) is 9.55. The van der Waals surface area contributed by atoms with E-state index in [0.29, 0.717) is 16.6 Å². The minimum absolute atomic E-state index is 0.0855. The molecule has 0 radical (unpaired) electrons. The molecule has 6 nitrogen and oxygen atoms in total. The van der Waals surface area contributed by atoms with Crippen molar-refractivity contribution in [3.63, 3.8) is 0 Å². The van der Waals surface area contributed by atoms with Crippen LogP contribution in [0.15, 0.2) is 51.9 Å². The highest BCUT2D eigenvalue weighted by Crippen LogP contribution is 2.33. The second-order valence-electron chi connectivity index (χ2n) is 6.82. The van der Waals surface area contributed by atoms with Crippen molar-refractivity contribution in [3.05, 3.63) is 74.0 Å². The number of carbonyl (C=O) groups is 2. The highest BCUT2D eigenvalue weighted by molar-refractivity contribution is 9.10. The van der Waals surface area contributed by atoms with Crippen LogP contribution in [-0.4, -0.2) is 23.6 Å². The number of nitrogens with one attached hydrogen (secondary N) is 1. The zero-order valence-electron chi connectivity index (χ0n) is 15.3. The van der Waals surface area contributed by atoms with E-state index < -0.39 is 11.9 Å². The smallest absolute Gasteiger partial charge is 0.337 e. The van der Waals surface area contributed by atoms with E-state index in [1.54, 1.807) is 36.5 Å². The van der Waals surface area contributed by atoms with Crippen LogP contribution in [0.3, 0.4) is 0 Å². The third kappa shape index (κ3) is 3.01. The number of amides is 1. The molecule has 3 aromatic rings. The lowest BCUT2D eigenvalue weighted by molar-refractivity contribution is 0.0600. The van der Waals surface area contributed by atoms with Gasteiger partial charge < -0.3 is 14.6 Å². The number of carbonyl (C=O) groups excluding carboxylic acids is 2. The molecule has 1 aliphatic rings. The predicted molar refractivity (Wildman–Crippen MR) is 110 cm³/mol. The lowest BCUT2D eigenvalue weighted by Crippen LogP contribution is -2.23. The number of aromatic nitrogens is 1. The first kappa shape index (κ1) is 18.4. The molecule has 1 aliphatic heterocycles. The number of rotatable bonds is 3. The van der Waals surface area contributed by atoms with Crippen LogP contribution in [0.5, 0.6) is 0 Å². The fourth-order valence-electron chi connectivity index (χ4n) is 3.63. The van der Waals surface area contributed by atoms with E-state index in [2.05, 4.69) is 32.9 Å². The molecule has 1 unspecified atom stereocenters. The van der Waals surface area contributed by atoms with Crippen LogP contribution >= 0.6 is 15.9 Å². The standard InChI is InChI=1S/C21H17BrN2O4/c1-11-7-13-8-14(22)9-16-18(13)24(11)10-17(19(16)25)20(26)23-15-5-3-12(4-6-15)21(27)28-2/h3-6,8-11H,7H2,1-2H3,(H,23,26). The molecule has 1 N–H and O–H groups in total. The van der Waals surface area contributed by atoms with Gasteiger partial charge in [-0.1, -0.05) is 15.9 Å². The van der Waals surface area contributed by atoms with Crippen molar-refractivity contribution in [1.82, 2.24) is 4.57 Å². The second-order valence-corrected chi connectivity index (χ2v) is 7.73. The lowest BCUT2D eigenvalue weighted by atomic mass is 10.1. The van der Waals surface area contributed by atoms with Gasteiger partial charge in [0.05, 0.1) is 18.2 Å². The molecule has 0 spiro atoms. The number of halogens is 1. The maximum atomic E-state index is 13.0. The van der Waals surface area contributed by atoms with Crippen LogP contribution in [0, 0.1) is 0 Å². The molecule has 2 aromatic carbocycles. The summed E-state index contributed by atoms with van der Waals surface area (Å²) in [6.07, 6.45) is 2.45. The predicted octanol–water partition coefficient (Wildman–Crippen LogP) is 3.92. The molecule has 28 heavy (non-hydrogen) atoms. The summed E-state index contributed by atoms with van der Waals surface area (Å²) in [6, 6.07) is 10.2. The fraction of sp³-hybridized carbons (Fsp3) is 0.190. The van der Waals surface area contributed by atoms with Crippen molar-refractivity contribution < 1.29 is 14.3 Å². The molecular formula is C21H17BrN2O4. The van der Waals surface area contributed by atoms with Crippen molar-refractivity contribution in [2.45, 2.75) is 19.4 Å². The summed E-state index contributed by atoms with van der Waals surface area (Å²) in [5.74, 6) is -0.939. The number of methoxy groups -OCH3 is 1. The number of anilines is 1. The molecule has 0 saturated carbocycles. The normalized spacial score (nSPS) is 14.9. The van der Waals surface area contributed by atoms with E-state index in [1.165, 1.54) is 7.11 Å². The van der Waals surface area contributed by atoms with Gasteiger partial charge in [0.2, 0.25) is 5.43 Å². The van der Waals surface area contributed by atoms with Gasteiger partial charge >= 0.3 is 5.97 Å². The summed E-state index contributed by atoms with van der Waals surface area (Å²) in [4.78, 5) is 37.3. The van der Waals surface area contributed by atoms with E-state index in [4.69, 9.17) is 0 Å². The summed E-state index contributed by atoms with van der Waals surface area (Å²) in [7, 11) is 1.31. The highest BCUT2D eigenvalue weighted by Gasteiger charge is 2.25. The highest BCUT2D eigenvalue weighted by atomic mass is 79.9. The van der Waals surface area contributed by atoms with Gasteiger partial charge in [0.15, 0.2) is 0 Å². The zero-order chi connectivity index (χ0) is 20.0. The molecule has 4 rings (SSSR count). The van der Waals surface area contributed by atoms with Gasteiger partial charge in [-0.15, -0.1) is 0 Å². The average Bonchev–Trinajstić information content (AvgIpc) is 2.99. The van der Waals surface area contributed by atoms with E-state index in [1.807, 2.05) is 10.6 Å². The Balaban J connectivity index is 1.72. The molecule has 0 saturated heterocycles. The van der Waals surface area contributed by atoms with Crippen LogP contribution in [0.4, 0.5) is 5.69 Å². The van der Waals surface area contributed by atoms with E-state index in [0.717, 1.165) is 22.0 Å². The first-order chi connectivity index (χ1) is 13.4. The molecular weight excluding hydrogens is 424 g/mol. The van der Waals surface area contributed by atoms with Gasteiger partial charge in [0.1, 0.15) is 5.56 Å². The zero-order valence-corrected chi connectivity index (χ0v) is 16.9. The maximum Gasteiger partial charge on any atom is 0.337 e. The molecule has 1 atom stereocenters. The third-order valence-corrected chi connectivity index (χ3v) is 5.43. The lowest BCUT2D eigenvalue weighted by Gasteiger charge is -2.13. The summed E-state index contributed by atoms with van der Waals surface area (Å²) < 4.78 is 7.48. The van der Waals surface area contributed by atoms with Gasteiger partial charge in [-0.05, 0) is 55.3 Å². The Kier molecular flexibility index (Phi) is 4.55. The summed E-state index contributed by atoms with van der Waals surface area (Å²) in [6.45, 7) is 2.06. The molecule has 1 aromatic heterocycles. The SMILES string of the molecule is COC(=O)c1ccc(NC(=O)c2cn3c4c(cc(Br)cc4c2=O)CC3C)cc1. The Morgan fingerprint density at radius 3 is 2.61 bits per heavy atom. The number of hydrogen-bond donors (Lipinski definition) is 1. The molecule has 0 fully saturated rings. The summed E-state index contributed by atoms with van der Waals surface area (Å²) >= 11 is 3.45. The van der Waals surface area contributed by atoms with E-state index in [-0.39, 0.29) is 17.0 Å². The van der Waals surface area contributed by atoms with Crippen LogP contribution in [0.25, 0.3) is 10.9 Å². The second kappa shape index (κ2) is 6.91. The van der Waals surface area contributed by atoms with Crippen molar-refractivity contribution >= 4 is 44.4 Å². The Morgan fingerprint density at radius 1 is 1.21 bits per heavy atom. The van der Waals surface area contributed by atoms with Crippen LogP contribution in [0.2, 0.25) is 0 Å². The minimum Gasteiger partial charge on any atom is -0.465 e. The van der Waals surface area contributed by atoms with Gasteiger partial charge in [-0.3, -0.25) is 9.59 Å². The van der Waals surface area contributed by atoms with Crippen molar-refractivity contribution in [2.75, 3.05) is 12.4 Å². The molecule has 1 amide bonds. The summed E-state index contributed by atoms with van der Waals surface area (Å²) in [5.41, 5.74) is 2.64. The van der Waals surface area contributed by atoms with Crippen LogP contribution < -0.4 is 10.7 Å². The van der Waals surface area contributed by atoms with Crippen molar-refractivity contribution in [2.24, 2.45) is 0 Å². The van der Waals surface area contributed by atoms with Crippen LogP contribution in [0.1, 0.15) is 39.2 Å². The Hall–Kier alpha value is -2.93. The Labute approximate surface area is 169 Å². The average molecular weight is 441 g/mol. The van der Waals surface area contributed by atoms with Gasteiger partial charge in [-0.25, -0.2) is 4.79 Å². The van der Waals surface area contributed by atoms with E-state index >= 15 is 0 Å². The molecule has 2 heterocycles. The largest absolute Gasteiger partial charge is 0.465 e. The first-order valence-electron chi connectivity index (χ1n) is 8.76. The number of nitrogens with zero attached hydrogens (tertiary/aromatic N) is 1. The molecule has 0 aliphatic carbocycles. The maximum absolute atomic E-state index is 13.0. The molecule has 7 heteroatoms. The quantitative estimate of drug-likeness (QED) is 0.626. The third-order valence-electron chi connectivity index (χ3n) is 4.97. The number of esters is 1. The van der Waals surface area contributed by atoms with Gasteiger partial charge in [-0.2, -0.15) is 0 Å². The Morgan fingerprint density at radius 2 is 1.93 bits per heavy atom. The number of hydrogen-bond acceptors (Lipinski definition) is 4. The van der Waals surface area contributed by atoms with Crippen molar-refractivity contribution in [3.8, 4) is 0 Å². The van der Waals surface area contributed by atoms with E-state index in [9.17, 15) is 14.4 Å². The molecule has 142 valence electrons. The monoisotopic (exact) mass is 440 g/mol. The number of pyridine rings is 1. The van der Waals surface area contributed by atoms with Crippen molar-refractivity contribution in [1.29, 1.82) is 0 Å². The summed E-state index contributed by atoms with van der Waals surface area (Å²) in [5, 5.41) is 3.26. The molecule has 0 bridgehead atoms. The fourth-order valence-corrected chi connectivity index (χ4v) is 4.13. The number of benzene rings is 2. The Bertz CT molecular complexity index is 1180. The van der Waals surface area contributed by atoms with Gasteiger partial charge in [0, 0.05) is 27.8 Å². The van der Waals surface area contributed by atoms with Gasteiger partial charge in [0.25, 0.3) is 5.91 Å². The number of ether oxygens (including phenoxy) is 1.